The highest BCUT2D eigenvalue weighted by Gasteiger charge is 2.34. The zero-order valence-electron chi connectivity index (χ0n) is 19.1. The fourth-order valence-electron chi connectivity index (χ4n) is 4.32. The topological polar surface area (TPSA) is 105 Å². The van der Waals surface area contributed by atoms with Gasteiger partial charge in [-0.15, -0.1) is 0 Å². The molecular formula is C24H34N2O6S. The Kier molecular flexibility index (Phi) is 9.87. The van der Waals surface area contributed by atoms with Crippen LogP contribution in [0, 0.1) is 0 Å². The van der Waals surface area contributed by atoms with E-state index in [0.717, 1.165) is 31.2 Å². The number of aryl methyl sites for hydroxylation is 1. The number of ether oxygens (including phenoxy) is 2. The van der Waals surface area contributed by atoms with E-state index in [2.05, 4.69) is 5.32 Å². The second-order valence-corrected chi connectivity index (χ2v) is 9.76. The predicted molar refractivity (Wildman–Crippen MR) is 126 cm³/mol. The van der Waals surface area contributed by atoms with Crippen molar-refractivity contribution in [2.45, 2.75) is 76.3 Å². The van der Waals surface area contributed by atoms with Crippen LogP contribution in [0.15, 0.2) is 30.3 Å². The molecular weight excluding hydrogens is 444 g/mol. The number of nitrogens with one attached hydrogen (secondary N) is 1. The Labute approximate surface area is 199 Å². The minimum Gasteiger partial charge on any atom is -0.461 e. The number of benzene rings is 1. The largest absolute Gasteiger partial charge is 0.507 e. The van der Waals surface area contributed by atoms with E-state index in [-0.39, 0.29) is 18.0 Å². The molecule has 1 amide bonds. The molecule has 33 heavy (non-hydrogen) atoms. The number of esters is 1. The lowest BCUT2D eigenvalue weighted by atomic mass is 9.97. The van der Waals surface area contributed by atoms with Crippen LogP contribution >= 0.6 is 11.8 Å². The molecule has 0 radical (unpaired) electrons. The van der Waals surface area contributed by atoms with Crippen molar-refractivity contribution in [3.05, 3.63) is 35.9 Å². The minimum absolute atomic E-state index is 0.0641. The van der Waals surface area contributed by atoms with E-state index in [1.54, 1.807) is 18.7 Å². The molecule has 9 heteroatoms. The number of amides is 1. The molecule has 1 aromatic carbocycles. The Balaban J connectivity index is 1.65. The van der Waals surface area contributed by atoms with Crippen LogP contribution in [0.2, 0.25) is 0 Å². The van der Waals surface area contributed by atoms with Gasteiger partial charge in [-0.05, 0) is 51.0 Å². The molecule has 0 bridgehead atoms. The zero-order valence-corrected chi connectivity index (χ0v) is 19.9. The van der Waals surface area contributed by atoms with Gasteiger partial charge in [-0.25, -0.2) is 4.79 Å². The molecule has 0 spiro atoms. The van der Waals surface area contributed by atoms with Crippen molar-refractivity contribution in [1.82, 2.24) is 10.2 Å². The third kappa shape index (κ3) is 7.92. The molecule has 2 aliphatic rings. The number of rotatable bonds is 9. The second-order valence-electron chi connectivity index (χ2n) is 8.61. The molecule has 2 N–H and O–H groups in total. The van der Waals surface area contributed by atoms with Crippen LogP contribution in [-0.2, 0) is 25.5 Å². The Morgan fingerprint density at radius 2 is 1.88 bits per heavy atom. The Morgan fingerprint density at radius 1 is 1.15 bits per heavy atom. The summed E-state index contributed by atoms with van der Waals surface area (Å²) in [7, 11) is 0. The van der Waals surface area contributed by atoms with Crippen LogP contribution in [0.3, 0.4) is 0 Å². The lowest BCUT2D eigenvalue weighted by molar-refractivity contribution is -0.154. The number of carboxylic acid groups (broad SMARTS) is 1. The predicted octanol–water partition coefficient (Wildman–Crippen LogP) is 3.44. The van der Waals surface area contributed by atoms with Gasteiger partial charge < -0.3 is 19.5 Å². The van der Waals surface area contributed by atoms with E-state index in [1.165, 1.54) is 11.3 Å². The number of carbonyl (C=O) groups is 3. The molecule has 1 aliphatic carbocycles. The number of nitrogens with zero attached hydrogens (tertiary/aromatic N) is 1. The number of hydrogen-bond donors (Lipinski definition) is 2. The first-order valence-corrected chi connectivity index (χ1v) is 12.9. The smallest absolute Gasteiger partial charge is 0.461 e. The number of hydrogen-bond acceptors (Lipinski definition) is 7. The Morgan fingerprint density at radius 3 is 2.58 bits per heavy atom. The maximum atomic E-state index is 13.1. The molecule has 3 atom stereocenters. The summed E-state index contributed by atoms with van der Waals surface area (Å²) in [5.41, 5.74) is 1.11. The van der Waals surface area contributed by atoms with Crippen LogP contribution in [0.5, 0.6) is 0 Å². The van der Waals surface area contributed by atoms with Crippen LogP contribution in [0.25, 0.3) is 0 Å². The highest BCUT2D eigenvalue weighted by Crippen LogP contribution is 2.22. The Bertz CT molecular complexity index is 786. The van der Waals surface area contributed by atoms with Crippen LogP contribution in [-0.4, -0.2) is 70.5 Å². The summed E-state index contributed by atoms with van der Waals surface area (Å²) in [4.78, 5) is 38.7. The van der Waals surface area contributed by atoms with Crippen molar-refractivity contribution < 1.29 is 29.0 Å². The summed E-state index contributed by atoms with van der Waals surface area (Å²) in [6, 6.07) is 8.57. The zero-order chi connectivity index (χ0) is 23.6. The van der Waals surface area contributed by atoms with Gasteiger partial charge in [0.1, 0.15) is 12.1 Å². The molecule has 182 valence electrons. The van der Waals surface area contributed by atoms with E-state index in [1.807, 2.05) is 30.3 Å². The van der Waals surface area contributed by atoms with Gasteiger partial charge in [-0.2, -0.15) is 11.8 Å². The number of thioether (sulfide) groups is 1. The monoisotopic (exact) mass is 478 g/mol. The highest BCUT2D eigenvalue weighted by molar-refractivity contribution is 7.99. The molecule has 1 aliphatic heterocycles. The standard InChI is InChI=1S/C24H34N2O6S/c1-17(22(27)26-14-15-33-16-21(26)32-24(29)30)25-20(13-12-18-8-4-2-5-9-18)23(28)31-19-10-6-3-7-11-19/h2,4-5,8-9,17,19-21,25H,3,6-7,10-16H2,1H3,(H,29,30)/t17-,20?,21?/m0/s1. The van der Waals surface area contributed by atoms with E-state index < -0.39 is 24.5 Å². The van der Waals surface area contributed by atoms with E-state index in [9.17, 15) is 14.4 Å². The van der Waals surface area contributed by atoms with Crippen molar-refractivity contribution in [2.75, 3.05) is 18.1 Å². The molecule has 1 heterocycles. The lowest BCUT2D eigenvalue weighted by Crippen LogP contribution is -2.56. The van der Waals surface area contributed by atoms with Gasteiger partial charge >= 0.3 is 12.1 Å². The average Bonchev–Trinajstić information content (AvgIpc) is 2.82. The van der Waals surface area contributed by atoms with Crippen LogP contribution in [0.1, 0.15) is 51.0 Å². The summed E-state index contributed by atoms with van der Waals surface area (Å²) in [5.74, 6) is 0.493. The first-order chi connectivity index (χ1) is 15.9. The molecule has 1 saturated heterocycles. The minimum atomic E-state index is -1.40. The van der Waals surface area contributed by atoms with Gasteiger partial charge in [-0.3, -0.25) is 14.9 Å². The Hall–Kier alpha value is -2.26. The fourth-order valence-corrected chi connectivity index (χ4v) is 5.27. The van der Waals surface area contributed by atoms with Crippen LogP contribution in [0.4, 0.5) is 4.79 Å². The van der Waals surface area contributed by atoms with Gasteiger partial charge in [0, 0.05) is 12.3 Å². The summed E-state index contributed by atoms with van der Waals surface area (Å²) in [6.45, 7) is 2.10. The first-order valence-electron chi connectivity index (χ1n) is 11.7. The quantitative estimate of drug-likeness (QED) is 0.520. The summed E-state index contributed by atoms with van der Waals surface area (Å²) in [5, 5.41) is 12.2. The maximum absolute atomic E-state index is 13.1. The lowest BCUT2D eigenvalue weighted by Gasteiger charge is -2.36. The first kappa shape index (κ1) is 25.4. The van der Waals surface area contributed by atoms with Crippen LogP contribution < -0.4 is 5.32 Å². The van der Waals surface area contributed by atoms with E-state index >= 15 is 0 Å². The normalized spacial score (nSPS) is 21.1. The average molecular weight is 479 g/mol. The highest BCUT2D eigenvalue weighted by atomic mass is 32.2. The second kappa shape index (κ2) is 12.8. The van der Waals surface area contributed by atoms with Crippen molar-refractivity contribution in [1.29, 1.82) is 0 Å². The summed E-state index contributed by atoms with van der Waals surface area (Å²) >= 11 is 1.55. The summed E-state index contributed by atoms with van der Waals surface area (Å²) in [6.07, 6.45) is 3.93. The molecule has 1 aromatic rings. The molecule has 2 fully saturated rings. The fraction of sp³-hybridized carbons (Fsp3) is 0.625. The maximum Gasteiger partial charge on any atom is 0.507 e. The van der Waals surface area contributed by atoms with Gasteiger partial charge in [-0.1, -0.05) is 36.8 Å². The van der Waals surface area contributed by atoms with Crippen molar-refractivity contribution in [2.24, 2.45) is 0 Å². The van der Waals surface area contributed by atoms with Gasteiger partial charge in [0.2, 0.25) is 5.91 Å². The van der Waals surface area contributed by atoms with Crippen molar-refractivity contribution in [3.63, 3.8) is 0 Å². The molecule has 8 nitrogen and oxygen atoms in total. The van der Waals surface area contributed by atoms with E-state index in [4.69, 9.17) is 14.6 Å². The molecule has 1 saturated carbocycles. The molecule has 3 rings (SSSR count). The third-order valence-electron chi connectivity index (χ3n) is 6.11. The van der Waals surface area contributed by atoms with Gasteiger partial charge in [0.25, 0.3) is 0 Å². The molecule has 0 aromatic heterocycles. The van der Waals surface area contributed by atoms with Crippen molar-refractivity contribution >= 4 is 29.8 Å². The van der Waals surface area contributed by atoms with E-state index in [0.29, 0.717) is 30.9 Å². The number of carbonyl (C=O) groups excluding carboxylic acids is 2. The third-order valence-corrected chi connectivity index (χ3v) is 7.10. The summed E-state index contributed by atoms with van der Waals surface area (Å²) < 4.78 is 10.7. The van der Waals surface area contributed by atoms with Gasteiger partial charge in [0.15, 0.2) is 6.23 Å². The van der Waals surface area contributed by atoms with Crippen molar-refractivity contribution in [3.8, 4) is 0 Å². The SMILES string of the molecule is C[C@H](NC(CCc1ccccc1)C(=O)OC1CCCCC1)C(=O)N1CCSCC1OC(=O)O. The van der Waals surface area contributed by atoms with Gasteiger partial charge in [0.05, 0.1) is 11.8 Å². The molecule has 2 unspecified atom stereocenters.